The van der Waals surface area contributed by atoms with E-state index in [9.17, 15) is 13.2 Å². The largest absolute Gasteiger partial charge is 0.418 e. The van der Waals surface area contributed by atoms with Crippen LogP contribution < -0.4 is 0 Å². The molecule has 1 radical (unpaired) electrons. The Morgan fingerprint density at radius 3 is 2.48 bits per heavy atom. The van der Waals surface area contributed by atoms with E-state index in [0.29, 0.717) is 16.9 Å². The molecule has 117 valence electrons. The van der Waals surface area contributed by atoms with Crippen LogP contribution in [0.2, 0.25) is 0 Å². The maximum absolute atomic E-state index is 13.2. The lowest BCUT2D eigenvalue weighted by Crippen LogP contribution is -2.06. The Morgan fingerprint density at radius 2 is 1.78 bits per heavy atom. The number of hydrogen-bond acceptors (Lipinski definition) is 1. The van der Waals surface area contributed by atoms with E-state index in [4.69, 9.17) is 0 Å². The predicted octanol–water partition coefficient (Wildman–Crippen LogP) is 5.84. The first kappa shape index (κ1) is 15.5. The van der Waals surface area contributed by atoms with E-state index in [0.717, 1.165) is 17.2 Å². The van der Waals surface area contributed by atoms with Crippen molar-refractivity contribution in [2.75, 3.05) is 0 Å². The summed E-state index contributed by atoms with van der Waals surface area (Å²) in [5.41, 5.74) is 1.87. The van der Waals surface area contributed by atoms with E-state index in [1.807, 2.05) is 24.3 Å². The summed E-state index contributed by atoms with van der Waals surface area (Å²) in [4.78, 5) is 3.92. The molecule has 0 fully saturated rings. The highest BCUT2D eigenvalue weighted by atomic mass is 19.4. The van der Waals surface area contributed by atoms with Crippen molar-refractivity contribution in [2.45, 2.75) is 25.9 Å². The van der Waals surface area contributed by atoms with Crippen LogP contribution in [0.1, 0.15) is 30.9 Å². The molecular formula is C19H15F3N. The summed E-state index contributed by atoms with van der Waals surface area (Å²) in [6.07, 6.45) is -3.11. The van der Waals surface area contributed by atoms with Crippen molar-refractivity contribution in [1.29, 1.82) is 0 Å². The molecule has 0 unspecified atom stereocenters. The standard InChI is InChI=1S/C19H15F3N/c1-12(2)13-5-3-6-14(11-13)15-9-10-23-18-16(15)7-4-8-17(18)19(20,21)22/h3-8,10-12H,1-2H3. The fraction of sp³-hybridized carbons (Fsp3) is 0.211. The average molecular weight is 314 g/mol. The molecule has 1 heterocycles. The molecule has 2 aromatic carbocycles. The Labute approximate surface area is 132 Å². The van der Waals surface area contributed by atoms with Gasteiger partial charge in [0.25, 0.3) is 0 Å². The number of aromatic nitrogens is 1. The topological polar surface area (TPSA) is 12.9 Å². The number of halogens is 3. The molecule has 0 bridgehead atoms. The zero-order valence-electron chi connectivity index (χ0n) is 12.8. The number of benzene rings is 2. The third-order valence-electron chi connectivity index (χ3n) is 3.86. The lowest BCUT2D eigenvalue weighted by atomic mass is 9.95. The maximum atomic E-state index is 13.2. The summed E-state index contributed by atoms with van der Waals surface area (Å²) in [7, 11) is 0. The van der Waals surface area contributed by atoms with E-state index >= 15 is 0 Å². The van der Waals surface area contributed by atoms with Gasteiger partial charge in [0.05, 0.1) is 11.1 Å². The van der Waals surface area contributed by atoms with Crippen LogP contribution in [0, 0.1) is 6.07 Å². The Bertz CT molecular complexity index is 851. The quantitative estimate of drug-likeness (QED) is 0.578. The van der Waals surface area contributed by atoms with Crippen molar-refractivity contribution in [3.8, 4) is 11.1 Å². The number of fused-ring (bicyclic) bond motifs is 1. The highest BCUT2D eigenvalue weighted by molar-refractivity contribution is 5.95. The molecule has 0 N–H and O–H groups in total. The van der Waals surface area contributed by atoms with Crippen molar-refractivity contribution in [3.63, 3.8) is 0 Å². The highest BCUT2D eigenvalue weighted by Crippen LogP contribution is 2.37. The van der Waals surface area contributed by atoms with Crippen molar-refractivity contribution < 1.29 is 13.2 Å². The molecule has 23 heavy (non-hydrogen) atoms. The molecule has 0 aliphatic heterocycles. The van der Waals surface area contributed by atoms with E-state index in [1.165, 1.54) is 12.3 Å². The number of para-hydroxylation sites is 1. The van der Waals surface area contributed by atoms with Gasteiger partial charge in [0.1, 0.15) is 0 Å². The number of hydrogen-bond donors (Lipinski definition) is 0. The fourth-order valence-corrected chi connectivity index (χ4v) is 2.64. The lowest BCUT2D eigenvalue weighted by Gasteiger charge is -2.13. The van der Waals surface area contributed by atoms with Crippen LogP contribution in [0.15, 0.2) is 48.7 Å². The molecule has 1 nitrogen and oxygen atoms in total. The molecule has 1 aromatic heterocycles. The van der Waals surface area contributed by atoms with Gasteiger partial charge in [-0.2, -0.15) is 13.2 Å². The van der Waals surface area contributed by atoms with Gasteiger partial charge in [0, 0.05) is 23.2 Å². The summed E-state index contributed by atoms with van der Waals surface area (Å²) >= 11 is 0. The lowest BCUT2D eigenvalue weighted by molar-refractivity contribution is -0.136. The predicted molar refractivity (Wildman–Crippen MR) is 85.1 cm³/mol. The molecule has 0 aliphatic rings. The zero-order valence-corrected chi connectivity index (χ0v) is 12.8. The van der Waals surface area contributed by atoms with Crippen molar-refractivity contribution >= 4 is 10.9 Å². The van der Waals surface area contributed by atoms with E-state index in [2.05, 4.69) is 24.9 Å². The van der Waals surface area contributed by atoms with Crippen molar-refractivity contribution in [1.82, 2.24) is 4.98 Å². The van der Waals surface area contributed by atoms with Gasteiger partial charge in [-0.05, 0) is 23.1 Å². The Morgan fingerprint density at radius 1 is 1.04 bits per heavy atom. The minimum Gasteiger partial charge on any atom is -0.255 e. The SMILES string of the molecule is CC(C)c1cccc(-c2[c]cnc3c(C(F)(F)F)cccc23)c1. The van der Waals surface area contributed by atoms with Crippen LogP contribution in [0.25, 0.3) is 22.0 Å². The summed E-state index contributed by atoms with van der Waals surface area (Å²) < 4.78 is 39.5. The Hall–Kier alpha value is -2.36. The van der Waals surface area contributed by atoms with Crippen molar-refractivity contribution in [3.05, 3.63) is 65.9 Å². The monoisotopic (exact) mass is 314 g/mol. The molecule has 0 aliphatic carbocycles. The molecular weight excluding hydrogens is 299 g/mol. The smallest absolute Gasteiger partial charge is 0.255 e. The average Bonchev–Trinajstić information content (AvgIpc) is 2.53. The van der Waals surface area contributed by atoms with Gasteiger partial charge in [-0.3, -0.25) is 4.98 Å². The van der Waals surface area contributed by atoms with Gasteiger partial charge >= 0.3 is 6.18 Å². The number of rotatable bonds is 2. The second-order valence-corrected chi connectivity index (χ2v) is 5.76. The molecule has 0 spiro atoms. The molecule has 0 amide bonds. The van der Waals surface area contributed by atoms with Crippen LogP contribution in [0.4, 0.5) is 13.2 Å². The van der Waals surface area contributed by atoms with E-state index in [-0.39, 0.29) is 5.52 Å². The number of alkyl halides is 3. The molecule has 4 heteroatoms. The van der Waals surface area contributed by atoms with Crippen molar-refractivity contribution in [2.24, 2.45) is 0 Å². The summed E-state index contributed by atoms with van der Waals surface area (Å²) in [5, 5.41) is 0.461. The van der Waals surface area contributed by atoms with E-state index < -0.39 is 11.7 Å². The minimum atomic E-state index is -4.43. The van der Waals surface area contributed by atoms with Crippen LogP contribution in [-0.2, 0) is 6.18 Å². The van der Waals surface area contributed by atoms with Crippen LogP contribution in [0.5, 0.6) is 0 Å². The van der Waals surface area contributed by atoms with Gasteiger partial charge in [0.2, 0.25) is 0 Å². The fourth-order valence-electron chi connectivity index (χ4n) is 2.64. The Kier molecular flexibility index (Phi) is 3.84. The Balaban J connectivity index is 2.26. The highest BCUT2D eigenvalue weighted by Gasteiger charge is 2.33. The number of pyridine rings is 1. The van der Waals surface area contributed by atoms with Gasteiger partial charge in [-0.15, -0.1) is 0 Å². The van der Waals surface area contributed by atoms with Gasteiger partial charge < -0.3 is 0 Å². The second kappa shape index (κ2) is 5.69. The van der Waals surface area contributed by atoms with Gasteiger partial charge in [0.15, 0.2) is 0 Å². The zero-order chi connectivity index (χ0) is 16.6. The van der Waals surface area contributed by atoms with Crippen LogP contribution in [0.3, 0.4) is 0 Å². The first-order valence-electron chi connectivity index (χ1n) is 7.35. The molecule has 0 saturated heterocycles. The summed E-state index contributed by atoms with van der Waals surface area (Å²) in [6, 6.07) is 14.9. The van der Waals surface area contributed by atoms with Gasteiger partial charge in [-0.1, -0.05) is 50.2 Å². The first-order valence-corrected chi connectivity index (χ1v) is 7.35. The normalized spacial score (nSPS) is 12.1. The minimum absolute atomic E-state index is 0.0382. The molecule has 3 rings (SSSR count). The third-order valence-corrected chi connectivity index (χ3v) is 3.86. The van der Waals surface area contributed by atoms with Crippen LogP contribution in [-0.4, -0.2) is 4.98 Å². The number of nitrogens with zero attached hydrogens (tertiary/aromatic N) is 1. The van der Waals surface area contributed by atoms with Crippen LogP contribution >= 0.6 is 0 Å². The summed E-state index contributed by atoms with van der Waals surface area (Å²) in [6.45, 7) is 4.16. The molecule has 0 atom stereocenters. The molecule has 3 aromatic rings. The third kappa shape index (κ3) is 2.93. The van der Waals surface area contributed by atoms with Gasteiger partial charge in [-0.25, -0.2) is 0 Å². The maximum Gasteiger partial charge on any atom is 0.418 e. The first-order chi connectivity index (χ1) is 10.9. The van der Waals surface area contributed by atoms with E-state index in [1.54, 1.807) is 6.07 Å². The molecule has 0 saturated carbocycles. The second-order valence-electron chi connectivity index (χ2n) is 5.76. The summed E-state index contributed by atoms with van der Waals surface area (Å²) in [5.74, 6) is 0.341.